The number of hydrogen-bond acceptors (Lipinski definition) is 4. The highest BCUT2D eigenvalue weighted by molar-refractivity contribution is 5.73. The summed E-state index contributed by atoms with van der Waals surface area (Å²) in [5.41, 5.74) is 2.07. The van der Waals surface area contributed by atoms with Gasteiger partial charge < -0.3 is 24.7 Å². The van der Waals surface area contributed by atoms with Crippen LogP contribution in [-0.2, 0) is 19.5 Å². The third-order valence-corrected chi connectivity index (χ3v) is 4.03. The topological polar surface area (TPSA) is 77.4 Å². The van der Waals surface area contributed by atoms with Crippen molar-refractivity contribution in [2.75, 3.05) is 13.2 Å². The number of amides is 2. The quantitative estimate of drug-likeness (QED) is 0.806. The van der Waals surface area contributed by atoms with Gasteiger partial charge in [-0.3, -0.25) is 0 Å². The summed E-state index contributed by atoms with van der Waals surface area (Å²) in [5.74, 6) is 1.69. The minimum absolute atomic E-state index is 0.180. The second-order valence-electron chi connectivity index (χ2n) is 6.04. The lowest BCUT2D eigenvalue weighted by Gasteiger charge is -2.14. The van der Waals surface area contributed by atoms with Crippen molar-refractivity contribution in [2.24, 2.45) is 0 Å². The molecule has 1 aliphatic heterocycles. The zero-order chi connectivity index (χ0) is 17.6. The first kappa shape index (κ1) is 17.1. The van der Waals surface area contributed by atoms with Crippen molar-refractivity contribution in [2.45, 2.75) is 39.5 Å². The van der Waals surface area contributed by atoms with Crippen LogP contribution in [-0.4, -0.2) is 34.8 Å². The average Bonchev–Trinajstić information content (AvgIpc) is 3.21. The Labute approximate surface area is 147 Å². The number of carbonyl (C=O) groups is 1. The zero-order valence-corrected chi connectivity index (χ0v) is 14.6. The number of aromatic nitrogens is 2. The van der Waals surface area contributed by atoms with Crippen LogP contribution in [0.4, 0.5) is 4.79 Å². The van der Waals surface area contributed by atoms with Crippen molar-refractivity contribution >= 4 is 6.03 Å². The van der Waals surface area contributed by atoms with Gasteiger partial charge in [-0.1, -0.05) is 0 Å². The first-order valence-electron chi connectivity index (χ1n) is 8.58. The molecule has 134 valence electrons. The van der Waals surface area contributed by atoms with Gasteiger partial charge in [0.25, 0.3) is 0 Å². The van der Waals surface area contributed by atoms with E-state index in [1.165, 1.54) is 0 Å². The highest BCUT2D eigenvalue weighted by atomic mass is 16.5. The SMILES string of the molecule is CCOc1cc2c(cc1CNC(=O)NCCn1ccnc1)OC(C)C2. The Balaban J connectivity index is 1.54. The van der Waals surface area contributed by atoms with Gasteiger partial charge in [0.2, 0.25) is 0 Å². The lowest BCUT2D eigenvalue weighted by atomic mass is 10.1. The standard InChI is InChI=1S/C18H24N4O3/c1-3-24-16-9-14-8-13(2)25-17(14)10-15(16)11-21-18(23)20-5-7-22-6-4-19-12-22/h4,6,9-10,12-13H,3,5,7-8,11H2,1-2H3,(H2,20,21,23). The first-order chi connectivity index (χ1) is 12.2. The van der Waals surface area contributed by atoms with Crippen molar-refractivity contribution in [3.8, 4) is 11.5 Å². The smallest absolute Gasteiger partial charge is 0.315 e. The summed E-state index contributed by atoms with van der Waals surface area (Å²) in [6.45, 7) is 6.18. The predicted molar refractivity (Wildman–Crippen MR) is 93.9 cm³/mol. The van der Waals surface area contributed by atoms with Crippen molar-refractivity contribution in [3.05, 3.63) is 42.0 Å². The molecule has 0 spiro atoms. The Kier molecular flexibility index (Phi) is 5.42. The van der Waals surface area contributed by atoms with Gasteiger partial charge in [0, 0.05) is 49.6 Å². The average molecular weight is 344 g/mol. The minimum Gasteiger partial charge on any atom is -0.494 e. The molecule has 0 fully saturated rings. The van der Waals surface area contributed by atoms with Crippen molar-refractivity contribution in [1.82, 2.24) is 20.2 Å². The summed E-state index contributed by atoms with van der Waals surface area (Å²) in [6, 6.07) is 3.78. The summed E-state index contributed by atoms with van der Waals surface area (Å²) in [6.07, 6.45) is 6.36. The van der Waals surface area contributed by atoms with Crippen LogP contribution >= 0.6 is 0 Å². The molecule has 0 aliphatic carbocycles. The Morgan fingerprint density at radius 3 is 3.08 bits per heavy atom. The molecule has 0 bridgehead atoms. The Morgan fingerprint density at radius 1 is 1.44 bits per heavy atom. The van der Waals surface area contributed by atoms with Gasteiger partial charge in [0.15, 0.2) is 0 Å². The van der Waals surface area contributed by atoms with E-state index in [9.17, 15) is 4.79 Å². The molecule has 7 nitrogen and oxygen atoms in total. The van der Waals surface area contributed by atoms with Gasteiger partial charge in [-0.25, -0.2) is 9.78 Å². The highest BCUT2D eigenvalue weighted by Gasteiger charge is 2.22. The van der Waals surface area contributed by atoms with Crippen LogP contribution in [0.2, 0.25) is 0 Å². The van der Waals surface area contributed by atoms with Crippen molar-refractivity contribution in [1.29, 1.82) is 0 Å². The highest BCUT2D eigenvalue weighted by Crippen LogP contribution is 2.35. The van der Waals surface area contributed by atoms with Gasteiger partial charge >= 0.3 is 6.03 Å². The molecule has 0 saturated heterocycles. The molecule has 2 heterocycles. The first-order valence-corrected chi connectivity index (χ1v) is 8.58. The molecule has 25 heavy (non-hydrogen) atoms. The number of rotatable bonds is 7. The summed E-state index contributed by atoms with van der Waals surface area (Å²) < 4.78 is 13.4. The molecule has 1 aromatic heterocycles. The largest absolute Gasteiger partial charge is 0.494 e. The number of hydrogen-bond donors (Lipinski definition) is 2. The van der Waals surface area contributed by atoms with E-state index in [2.05, 4.69) is 15.6 Å². The fourth-order valence-corrected chi connectivity index (χ4v) is 2.87. The maximum Gasteiger partial charge on any atom is 0.315 e. The maximum atomic E-state index is 12.0. The second-order valence-corrected chi connectivity index (χ2v) is 6.04. The lowest BCUT2D eigenvalue weighted by molar-refractivity contribution is 0.239. The third-order valence-electron chi connectivity index (χ3n) is 4.03. The molecule has 1 aliphatic rings. The number of ether oxygens (including phenoxy) is 2. The molecule has 1 unspecified atom stereocenters. The van der Waals surface area contributed by atoms with E-state index in [1.807, 2.05) is 36.7 Å². The molecule has 2 N–H and O–H groups in total. The fraction of sp³-hybridized carbons (Fsp3) is 0.444. The van der Waals surface area contributed by atoms with Gasteiger partial charge in [-0.2, -0.15) is 0 Å². The van der Waals surface area contributed by atoms with Crippen LogP contribution in [0.3, 0.4) is 0 Å². The normalized spacial score (nSPS) is 15.4. The molecule has 1 atom stereocenters. The van der Waals surface area contributed by atoms with Crippen LogP contribution in [0.25, 0.3) is 0 Å². The van der Waals surface area contributed by atoms with E-state index in [1.54, 1.807) is 12.5 Å². The summed E-state index contributed by atoms with van der Waals surface area (Å²) in [4.78, 5) is 15.9. The van der Waals surface area contributed by atoms with Gasteiger partial charge in [0.1, 0.15) is 17.6 Å². The maximum absolute atomic E-state index is 12.0. The number of nitrogens with one attached hydrogen (secondary N) is 2. The monoisotopic (exact) mass is 344 g/mol. The molecule has 1 aromatic carbocycles. The molecular weight excluding hydrogens is 320 g/mol. The van der Waals surface area contributed by atoms with Crippen LogP contribution < -0.4 is 20.1 Å². The molecule has 2 amide bonds. The fourth-order valence-electron chi connectivity index (χ4n) is 2.87. The number of fused-ring (bicyclic) bond motifs is 1. The number of nitrogens with zero attached hydrogens (tertiary/aromatic N) is 2. The number of imidazole rings is 1. The summed E-state index contributed by atoms with van der Waals surface area (Å²) >= 11 is 0. The Hall–Kier alpha value is -2.70. The van der Waals surface area contributed by atoms with Gasteiger partial charge in [0.05, 0.1) is 12.9 Å². The van der Waals surface area contributed by atoms with Crippen LogP contribution in [0.1, 0.15) is 25.0 Å². The summed E-state index contributed by atoms with van der Waals surface area (Å²) in [5, 5.41) is 5.70. The van der Waals surface area contributed by atoms with E-state index in [0.717, 1.165) is 29.0 Å². The molecular formula is C18H24N4O3. The van der Waals surface area contributed by atoms with E-state index in [-0.39, 0.29) is 12.1 Å². The third kappa shape index (κ3) is 4.43. The van der Waals surface area contributed by atoms with Crippen LogP contribution in [0.5, 0.6) is 11.5 Å². The Bertz CT molecular complexity index is 715. The van der Waals surface area contributed by atoms with Gasteiger partial charge in [-0.15, -0.1) is 0 Å². The van der Waals surface area contributed by atoms with E-state index >= 15 is 0 Å². The number of urea groups is 1. The lowest BCUT2D eigenvalue weighted by Crippen LogP contribution is -2.36. The Morgan fingerprint density at radius 2 is 2.32 bits per heavy atom. The van der Waals surface area contributed by atoms with Gasteiger partial charge in [-0.05, 0) is 26.0 Å². The zero-order valence-electron chi connectivity index (χ0n) is 14.6. The van der Waals surface area contributed by atoms with Crippen molar-refractivity contribution < 1.29 is 14.3 Å². The summed E-state index contributed by atoms with van der Waals surface area (Å²) in [7, 11) is 0. The van der Waals surface area contributed by atoms with E-state index < -0.39 is 0 Å². The van der Waals surface area contributed by atoms with E-state index in [0.29, 0.717) is 26.2 Å². The van der Waals surface area contributed by atoms with Crippen LogP contribution in [0, 0.1) is 0 Å². The van der Waals surface area contributed by atoms with E-state index in [4.69, 9.17) is 9.47 Å². The second kappa shape index (κ2) is 7.92. The number of carbonyl (C=O) groups excluding carboxylic acids is 1. The molecule has 0 radical (unpaired) electrons. The molecule has 2 aromatic rings. The molecule has 0 saturated carbocycles. The molecule has 3 rings (SSSR count). The predicted octanol–water partition coefficient (Wildman–Crippen LogP) is 2.10. The minimum atomic E-state index is -0.211. The van der Waals surface area contributed by atoms with Crippen molar-refractivity contribution in [3.63, 3.8) is 0 Å². The van der Waals surface area contributed by atoms with Crippen LogP contribution in [0.15, 0.2) is 30.9 Å². The molecule has 7 heteroatoms. The number of benzene rings is 1.